The molecule has 0 N–H and O–H groups in total. The van der Waals surface area contributed by atoms with E-state index in [2.05, 4.69) is 50.7 Å². The maximum absolute atomic E-state index is 4.08. The second kappa shape index (κ2) is 10.9. The summed E-state index contributed by atoms with van der Waals surface area (Å²) in [6.45, 7) is 8.28. The zero-order valence-electron chi connectivity index (χ0n) is 11.9. The fourth-order valence-electron chi connectivity index (χ4n) is 1.25. The van der Waals surface area contributed by atoms with E-state index in [9.17, 15) is 0 Å². The molecule has 98 valence electrons. The minimum atomic E-state index is 1.02. The SMILES string of the molecule is CC.CCc1ccc(C)cc1.Sc1ccccc1. The molecule has 0 heterocycles. The molecule has 0 nitrogen and oxygen atoms in total. The smallest absolute Gasteiger partial charge is 0.00399 e. The molecule has 2 aromatic rings. The van der Waals surface area contributed by atoms with E-state index < -0.39 is 0 Å². The van der Waals surface area contributed by atoms with Gasteiger partial charge in [0.2, 0.25) is 0 Å². The van der Waals surface area contributed by atoms with Crippen LogP contribution in [0.15, 0.2) is 59.5 Å². The number of rotatable bonds is 1. The van der Waals surface area contributed by atoms with Gasteiger partial charge in [-0.15, -0.1) is 12.6 Å². The van der Waals surface area contributed by atoms with Gasteiger partial charge >= 0.3 is 0 Å². The molecule has 18 heavy (non-hydrogen) atoms. The van der Waals surface area contributed by atoms with Crippen molar-refractivity contribution in [2.75, 3.05) is 0 Å². The predicted molar refractivity (Wildman–Crippen MR) is 85.6 cm³/mol. The first-order valence-corrected chi connectivity index (χ1v) is 6.96. The Bertz CT molecular complexity index is 390. The molecule has 0 saturated heterocycles. The Kier molecular flexibility index (Phi) is 10.2. The van der Waals surface area contributed by atoms with E-state index in [-0.39, 0.29) is 0 Å². The van der Waals surface area contributed by atoms with Gasteiger partial charge in [-0.05, 0) is 31.0 Å². The van der Waals surface area contributed by atoms with Crippen molar-refractivity contribution < 1.29 is 0 Å². The Morgan fingerprint density at radius 2 is 1.33 bits per heavy atom. The van der Waals surface area contributed by atoms with Crippen LogP contribution in [0.25, 0.3) is 0 Å². The van der Waals surface area contributed by atoms with E-state index in [1.165, 1.54) is 11.1 Å². The molecule has 0 aliphatic rings. The van der Waals surface area contributed by atoms with Crippen LogP contribution >= 0.6 is 12.6 Å². The van der Waals surface area contributed by atoms with Crippen LogP contribution in [0.5, 0.6) is 0 Å². The van der Waals surface area contributed by atoms with Crippen LogP contribution in [-0.4, -0.2) is 0 Å². The molecular weight excluding hydrogens is 236 g/mol. The zero-order chi connectivity index (χ0) is 13.8. The summed E-state index contributed by atoms with van der Waals surface area (Å²) >= 11 is 4.08. The van der Waals surface area contributed by atoms with Crippen LogP contribution in [-0.2, 0) is 6.42 Å². The molecule has 0 aliphatic heterocycles. The van der Waals surface area contributed by atoms with Gasteiger partial charge < -0.3 is 0 Å². The molecule has 0 bridgehead atoms. The predicted octanol–water partition coefficient (Wildman–Crippen LogP) is 5.56. The molecule has 0 atom stereocenters. The summed E-state index contributed by atoms with van der Waals surface area (Å²) in [5.74, 6) is 0. The van der Waals surface area contributed by atoms with Gasteiger partial charge in [-0.25, -0.2) is 0 Å². The quantitative estimate of drug-likeness (QED) is 0.638. The maximum Gasteiger partial charge on any atom is 0.00399 e. The van der Waals surface area contributed by atoms with Crippen molar-refractivity contribution in [3.05, 3.63) is 65.7 Å². The van der Waals surface area contributed by atoms with Gasteiger partial charge in [0, 0.05) is 4.90 Å². The lowest BCUT2D eigenvalue weighted by molar-refractivity contribution is 1.14. The minimum Gasteiger partial charge on any atom is -0.143 e. The van der Waals surface area contributed by atoms with Gasteiger partial charge in [0.15, 0.2) is 0 Å². The van der Waals surface area contributed by atoms with Gasteiger partial charge in [0.25, 0.3) is 0 Å². The first-order valence-electron chi connectivity index (χ1n) is 6.52. The highest BCUT2D eigenvalue weighted by atomic mass is 32.1. The average Bonchev–Trinajstić information content (AvgIpc) is 2.43. The highest BCUT2D eigenvalue weighted by Gasteiger charge is 1.84. The Balaban J connectivity index is 0.000000289. The van der Waals surface area contributed by atoms with E-state index >= 15 is 0 Å². The summed E-state index contributed by atoms with van der Waals surface area (Å²) in [6.07, 6.45) is 1.14. The van der Waals surface area contributed by atoms with Gasteiger partial charge in [-0.1, -0.05) is 68.8 Å². The molecule has 0 amide bonds. The molecule has 0 fully saturated rings. The Labute approximate surface area is 117 Å². The van der Waals surface area contributed by atoms with Crippen molar-refractivity contribution in [3.63, 3.8) is 0 Å². The number of aryl methyl sites for hydroxylation is 2. The molecule has 1 heteroatoms. The molecule has 0 aromatic heterocycles. The van der Waals surface area contributed by atoms with E-state index in [1.54, 1.807) is 0 Å². The molecule has 0 aliphatic carbocycles. The highest BCUT2D eigenvalue weighted by molar-refractivity contribution is 7.80. The molecular formula is C17H24S. The molecule has 0 unspecified atom stereocenters. The summed E-state index contributed by atoms with van der Waals surface area (Å²) in [5.41, 5.74) is 2.76. The summed E-state index contributed by atoms with van der Waals surface area (Å²) in [5, 5.41) is 0. The lowest BCUT2D eigenvalue weighted by Gasteiger charge is -1.94. The van der Waals surface area contributed by atoms with Crippen molar-refractivity contribution >= 4 is 12.6 Å². The topological polar surface area (TPSA) is 0 Å². The second-order valence-electron chi connectivity index (χ2n) is 3.67. The standard InChI is InChI=1S/C9H12.C6H6S.C2H6/c1-3-9-6-4-8(2)5-7-9;7-6-4-2-1-3-5-6;1-2/h4-7H,3H2,1-2H3;1-5,7H;1-2H3. The largest absolute Gasteiger partial charge is 0.143 e. The van der Waals surface area contributed by atoms with E-state index in [4.69, 9.17) is 0 Å². The molecule has 0 radical (unpaired) electrons. The van der Waals surface area contributed by atoms with E-state index in [1.807, 2.05) is 44.2 Å². The first-order chi connectivity index (χ1) is 8.72. The lowest BCUT2D eigenvalue weighted by atomic mass is 10.1. The fourth-order valence-corrected chi connectivity index (χ4v) is 1.42. The van der Waals surface area contributed by atoms with Crippen LogP contribution in [0.1, 0.15) is 31.9 Å². The van der Waals surface area contributed by atoms with Crippen LogP contribution in [0, 0.1) is 6.92 Å². The summed E-state index contributed by atoms with van der Waals surface area (Å²) in [4.78, 5) is 1.02. The number of benzene rings is 2. The van der Waals surface area contributed by atoms with Crippen LogP contribution in [0.3, 0.4) is 0 Å². The molecule has 2 rings (SSSR count). The fraction of sp³-hybridized carbons (Fsp3) is 0.294. The monoisotopic (exact) mass is 260 g/mol. The molecule has 0 saturated carbocycles. The van der Waals surface area contributed by atoms with Gasteiger partial charge in [-0.3, -0.25) is 0 Å². The summed E-state index contributed by atoms with van der Waals surface area (Å²) in [7, 11) is 0. The maximum atomic E-state index is 4.08. The Morgan fingerprint density at radius 1 is 0.833 bits per heavy atom. The summed E-state index contributed by atoms with van der Waals surface area (Å²) in [6, 6.07) is 18.4. The Morgan fingerprint density at radius 3 is 1.67 bits per heavy atom. The van der Waals surface area contributed by atoms with Crippen molar-refractivity contribution in [1.82, 2.24) is 0 Å². The van der Waals surface area contributed by atoms with Crippen LogP contribution in [0.4, 0.5) is 0 Å². The number of hydrogen-bond acceptors (Lipinski definition) is 1. The number of hydrogen-bond donors (Lipinski definition) is 1. The van der Waals surface area contributed by atoms with E-state index in [0.717, 1.165) is 11.3 Å². The molecule has 0 spiro atoms. The third-order valence-electron chi connectivity index (χ3n) is 2.29. The first kappa shape index (κ1) is 16.8. The van der Waals surface area contributed by atoms with Crippen molar-refractivity contribution in [1.29, 1.82) is 0 Å². The lowest BCUT2D eigenvalue weighted by Crippen LogP contribution is -1.77. The van der Waals surface area contributed by atoms with Gasteiger partial charge in [-0.2, -0.15) is 0 Å². The van der Waals surface area contributed by atoms with Crippen molar-refractivity contribution in [2.45, 2.75) is 39.0 Å². The van der Waals surface area contributed by atoms with Gasteiger partial charge in [0.1, 0.15) is 0 Å². The second-order valence-corrected chi connectivity index (χ2v) is 4.19. The normalized spacial score (nSPS) is 8.50. The van der Waals surface area contributed by atoms with Gasteiger partial charge in [0.05, 0.1) is 0 Å². The molecule has 2 aromatic carbocycles. The van der Waals surface area contributed by atoms with Crippen LogP contribution in [0.2, 0.25) is 0 Å². The van der Waals surface area contributed by atoms with Crippen LogP contribution < -0.4 is 0 Å². The minimum absolute atomic E-state index is 1.02. The Hall–Kier alpha value is -1.21. The summed E-state index contributed by atoms with van der Waals surface area (Å²) < 4.78 is 0. The van der Waals surface area contributed by atoms with Crippen molar-refractivity contribution in [2.24, 2.45) is 0 Å². The average molecular weight is 260 g/mol. The van der Waals surface area contributed by atoms with E-state index in [0.29, 0.717) is 0 Å². The number of thiol groups is 1. The third-order valence-corrected chi connectivity index (χ3v) is 2.58. The highest BCUT2D eigenvalue weighted by Crippen LogP contribution is 2.02. The zero-order valence-corrected chi connectivity index (χ0v) is 12.7. The third kappa shape index (κ3) is 7.97. The van der Waals surface area contributed by atoms with Crippen molar-refractivity contribution in [3.8, 4) is 0 Å².